The first-order chi connectivity index (χ1) is 9.47. The maximum atomic E-state index is 12.8. The van der Waals surface area contributed by atoms with Gasteiger partial charge in [-0.25, -0.2) is 9.37 Å². The molecule has 0 bridgehead atoms. The molecule has 2 aromatic rings. The number of rotatable bonds is 5. The summed E-state index contributed by atoms with van der Waals surface area (Å²) in [5.74, 6) is -0.507. The zero-order valence-electron chi connectivity index (χ0n) is 11.3. The van der Waals surface area contributed by atoms with Crippen LogP contribution >= 0.6 is 11.3 Å². The largest absolute Gasteiger partial charge is 0.325 e. The number of carbonyl (C=O) groups is 1. The number of hydrogen-bond donors (Lipinski definition) is 2. The van der Waals surface area contributed by atoms with Gasteiger partial charge in [0.2, 0.25) is 5.91 Å². The minimum absolute atomic E-state index is 0.157. The zero-order chi connectivity index (χ0) is 14.6. The van der Waals surface area contributed by atoms with E-state index in [0.29, 0.717) is 5.69 Å². The van der Waals surface area contributed by atoms with Gasteiger partial charge in [-0.3, -0.25) is 10.1 Å². The van der Waals surface area contributed by atoms with Crippen LogP contribution in [0.4, 0.5) is 10.1 Å². The van der Waals surface area contributed by atoms with Crippen molar-refractivity contribution >= 4 is 22.9 Å². The highest BCUT2D eigenvalue weighted by Crippen LogP contribution is 2.21. The van der Waals surface area contributed by atoms with Gasteiger partial charge in [-0.05, 0) is 38.1 Å². The number of carbonyl (C=O) groups excluding carboxylic acids is 1. The lowest BCUT2D eigenvalue weighted by atomic mass is 10.1. The first-order valence-corrected chi connectivity index (χ1v) is 7.06. The third-order valence-electron chi connectivity index (χ3n) is 2.79. The van der Waals surface area contributed by atoms with Gasteiger partial charge in [-0.1, -0.05) is 0 Å². The average Bonchev–Trinajstić information content (AvgIpc) is 2.94. The highest BCUT2D eigenvalue weighted by molar-refractivity contribution is 7.09. The van der Waals surface area contributed by atoms with Gasteiger partial charge in [0, 0.05) is 17.3 Å². The normalized spacial score (nSPS) is 11.3. The standard InChI is InChI=1S/C14H16FN3OS/c1-14(2,13-16-7-8-20-13)17-9-12(19)18-11-5-3-10(15)4-6-11/h3-8,17H,9H2,1-2H3,(H,18,19). The van der Waals surface area contributed by atoms with Crippen LogP contribution in [0.15, 0.2) is 35.8 Å². The van der Waals surface area contributed by atoms with Crippen molar-refractivity contribution in [2.45, 2.75) is 19.4 Å². The molecule has 0 aliphatic heterocycles. The van der Waals surface area contributed by atoms with E-state index >= 15 is 0 Å². The molecule has 1 aromatic carbocycles. The van der Waals surface area contributed by atoms with Crippen LogP contribution in [0.3, 0.4) is 0 Å². The lowest BCUT2D eigenvalue weighted by molar-refractivity contribution is -0.115. The number of aromatic nitrogens is 1. The van der Waals surface area contributed by atoms with Gasteiger partial charge >= 0.3 is 0 Å². The average molecular weight is 293 g/mol. The molecule has 106 valence electrons. The van der Waals surface area contributed by atoms with Crippen molar-refractivity contribution in [3.8, 4) is 0 Å². The molecule has 20 heavy (non-hydrogen) atoms. The van der Waals surface area contributed by atoms with Crippen molar-refractivity contribution in [2.24, 2.45) is 0 Å². The van der Waals surface area contributed by atoms with E-state index < -0.39 is 0 Å². The highest BCUT2D eigenvalue weighted by atomic mass is 32.1. The third kappa shape index (κ3) is 3.85. The molecule has 0 saturated heterocycles. The van der Waals surface area contributed by atoms with Crippen LogP contribution in [0.2, 0.25) is 0 Å². The van der Waals surface area contributed by atoms with Crippen molar-refractivity contribution < 1.29 is 9.18 Å². The molecule has 4 nitrogen and oxygen atoms in total. The topological polar surface area (TPSA) is 54.0 Å². The molecule has 0 aliphatic carbocycles. The highest BCUT2D eigenvalue weighted by Gasteiger charge is 2.23. The van der Waals surface area contributed by atoms with Crippen LogP contribution in [0.25, 0.3) is 0 Å². The Hall–Kier alpha value is -1.79. The number of halogens is 1. The van der Waals surface area contributed by atoms with Gasteiger partial charge in [-0.2, -0.15) is 0 Å². The number of thiazole rings is 1. The Morgan fingerprint density at radius 3 is 2.65 bits per heavy atom. The minimum atomic E-state index is -0.367. The number of benzene rings is 1. The second-order valence-corrected chi connectivity index (χ2v) is 5.77. The molecule has 0 radical (unpaired) electrons. The summed E-state index contributed by atoms with van der Waals surface area (Å²) in [6.07, 6.45) is 1.74. The zero-order valence-corrected chi connectivity index (χ0v) is 12.1. The lowest BCUT2D eigenvalue weighted by Crippen LogP contribution is -2.41. The predicted octanol–water partition coefficient (Wildman–Crippen LogP) is 2.75. The fourth-order valence-electron chi connectivity index (χ4n) is 1.65. The summed E-state index contributed by atoms with van der Waals surface area (Å²) in [6.45, 7) is 4.10. The first-order valence-electron chi connectivity index (χ1n) is 6.18. The Bertz CT molecular complexity index is 567. The van der Waals surface area contributed by atoms with Crippen molar-refractivity contribution in [3.63, 3.8) is 0 Å². The quantitative estimate of drug-likeness (QED) is 0.891. The van der Waals surface area contributed by atoms with Crippen LogP contribution in [-0.2, 0) is 10.3 Å². The molecule has 0 atom stereocenters. The molecule has 1 heterocycles. The van der Waals surface area contributed by atoms with Crippen LogP contribution in [0, 0.1) is 5.82 Å². The number of anilines is 1. The minimum Gasteiger partial charge on any atom is -0.325 e. The van der Waals surface area contributed by atoms with E-state index in [9.17, 15) is 9.18 Å². The molecule has 1 amide bonds. The summed E-state index contributed by atoms with van der Waals surface area (Å²) in [5.41, 5.74) is 0.208. The van der Waals surface area contributed by atoms with Crippen molar-refractivity contribution in [1.82, 2.24) is 10.3 Å². The summed E-state index contributed by atoms with van der Waals surface area (Å²) < 4.78 is 12.8. The Labute approximate surface area is 121 Å². The fourth-order valence-corrected chi connectivity index (χ4v) is 2.39. The van der Waals surface area contributed by atoms with Gasteiger partial charge in [0.1, 0.15) is 10.8 Å². The molecular formula is C14H16FN3OS. The summed E-state index contributed by atoms with van der Waals surface area (Å²) in [4.78, 5) is 16.1. The van der Waals surface area contributed by atoms with Gasteiger partial charge in [0.25, 0.3) is 0 Å². The molecule has 6 heteroatoms. The number of nitrogens with zero attached hydrogens (tertiary/aromatic N) is 1. The predicted molar refractivity (Wildman–Crippen MR) is 78.2 cm³/mol. The molecule has 0 saturated carbocycles. The summed E-state index contributed by atoms with van der Waals surface area (Å²) in [5, 5.41) is 8.68. The molecular weight excluding hydrogens is 277 g/mol. The Kier molecular flexibility index (Phi) is 4.46. The van der Waals surface area contributed by atoms with Gasteiger partial charge in [0.15, 0.2) is 0 Å². The van der Waals surface area contributed by atoms with E-state index in [0.717, 1.165) is 5.01 Å². The van der Waals surface area contributed by atoms with Crippen LogP contribution < -0.4 is 10.6 Å². The molecule has 2 rings (SSSR count). The Morgan fingerprint density at radius 2 is 2.05 bits per heavy atom. The van der Waals surface area contributed by atoms with Crippen LogP contribution in [-0.4, -0.2) is 17.4 Å². The number of hydrogen-bond acceptors (Lipinski definition) is 4. The Morgan fingerprint density at radius 1 is 1.35 bits per heavy atom. The number of amides is 1. The Balaban J connectivity index is 1.88. The SMILES string of the molecule is CC(C)(NCC(=O)Nc1ccc(F)cc1)c1nccs1. The number of nitrogens with one attached hydrogen (secondary N) is 2. The van der Waals surface area contributed by atoms with E-state index in [1.54, 1.807) is 17.5 Å². The molecule has 1 aromatic heterocycles. The summed E-state index contributed by atoms with van der Waals surface area (Å²) in [6, 6.07) is 5.67. The van der Waals surface area contributed by atoms with Crippen molar-refractivity contribution in [1.29, 1.82) is 0 Å². The maximum absolute atomic E-state index is 12.8. The molecule has 0 unspecified atom stereocenters. The first kappa shape index (κ1) is 14.6. The molecule has 0 spiro atoms. The maximum Gasteiger partial charge on any atom is 0.238 e. The summed E-state index contributed by atoms with van der Waals surface area (Å²) in [7, 11) is 0. The van der Waals surface area contributed by atoms with E-state index in [4.69, 9.17) is 0 Å². The van der Waals surface area contributed by atoms with Crippen LogP contribution in [0.5, 0.6) is 0 Å². The van der Waals surface area contributed by atoms with E-state index in [1.807, 2.05) is 19.2 Å². The van der Waals surface area contributed by atoms with Crippen LogP contribution in [0.1, 0.15) is 18.9 Å². The third-order valence-corrected chi connectivity index (χ3v) is 3.88. The van der Waals surface area contributed by atoms with Gasteiger partial charge < -0.3 is 5.32 Å². The second-order valence-electron chi connectivity index (χ2n) is 4.87. The smallest absolute Gasteiger partial charge is 0.238 e. The second kappa shape index (κ2) is 6.11. The van der Waals surface area contributed by atoms with Crippen molar-refractivity contribution in [3.05, 3.63) is 46.7 Å². The fraction of sp³-hybridized carbons (Fsp3) is 0.286. The van der Waals surface area contributed by atoms with Crippen molar-refractivity contribution in [2.75, 3.05) is 11.9 Å². The molecule has 2 N–H and O–H groups in total. The lowest BCUT2D eigenvalue weighted by Gasteiger charge is -2.23. The van der Waals surface area contributed by atoms with E-state index in [2.05, 4.69) is 15.6 Å². The summed E-state index contributed by atoms with van der Waals surface area (Å²) >= 11 is 1.54. The monoisotopic (exact) mass is 293 g/mol. The van der Waals surface area contributed by atoms with E-state index in [1.165, 1.54) is 24.3 Å². The van der Waals surface area contributed by atoms with Gasteiger partial charge in [0.05, 0.1) is 12.1 Å². The molecule has 0 aliphatic rings. The van der Waals surface area contributed by atoms with E-state index in [-0.39, 0.29) is 23.8 Å². The molecule has 0 fully saturated rings. The van der Waals surface area contributed by atoms with Gasteiger partial charge in [-0.15, -0.1) is 11.3 Å².